The SMILES string of the molecule is CN(C)c1ccc2c(c1)Oc1cc(N(C)C)ccc1C21OC(=O)c2cc(C(=O)ONCCCCCCCCCCC(=O)N[C@H](CC(=O)O)C(=O)COC(=O)c3c(C(F)(F)F)cccc3C(F)(F)F)ccc21. The molecule has 2 aliphatic heterocycles. The van der Waals surface area contributed by atoms with Gasteiger partial charge in [0, 0.05) is 81.4 Å². The molecule has 0 aromatic heterocycles. The maximum atomic E-state index is 13.6. The molecule has 0 aliphatic carbocycles. The van der Waals surface area contributed by atoms with E-state index in [4.69, 9.17) is 14.3 Å². The summed E-state index contributed by atoms with van der Waals surface area (Å²) in [6.07, 6.45) is -6.13. The number of ketones is 1. The number of nitrogens with zero attached hydrogens (tertiary/aromatic N) is 2. The van der Waals surface area contributed by atoms with Crippen LogP contribution in [-0.2, 0) is 46.6 Å². The molecule has 0 radical (unpaired) electrons. The van der Waals surface area contributed by atoms with Gasteiger partial charge in [0.05, 0.1) is 34.2 Å². The largest absolute Gasteiger partial charge is 0.481 e. The molecular formula is C50H52F6N4O11. The average Bonchev–Trinajstić information content (AvgIpc) is 3.60. The molecule has 0 fully saturated rings. The minimum absolute atomic E-state index is 0.119. The zero-order chi connectivity index (χ0) is 51.8. The van der Waals surface area contributed by atoms with E-state index in [1.165, 1.54) is 6.07 Å². The van der Waals surface area contributed by atoms with E-state index in [1.54, 1.807) is 12.1 Å². The number of halogens is 6. The van der Waals surface area contributed by atoms with Gasteiger partial charge in [0.2, 0.25) is 5.91 Å². The van der Waals surface area contributed by atoms with Crippen LogP contribution >= 0.6 is 0 Å². The van der Waals surface area contributed by atoms with E-state index in [1.807, 2.05) is 74.4 Å². The van der Waals surface area contributed by atoms with E-state index >= 15 is 0 Å². The van der Waals surface area contributed by atoms with Crippen molar-refractivity contribution in [3.8, 4) is 11.5 Å². The number of unbranched alkanes of at least 4 members (excludes halogenated alkanes) is 7. The van der Waals surface area contributed by atoms with Crippen molar-refractivity contribution in [3.05, 3.63) is 117 Å². The summed E-state index contributed by atoms with van der Waals surface area (Å²) < 4.78 is 98.0. The lowest BCUT2D eigenvalue weighted by molar-refractivity contribution is -0.144. The Morgan fingerprint density at radius 3 is 1.77 bits per heavy atom. The maximum absolute atomic E-state index is 13.6. The van der Waals surface area contributed by atoms with Crippen LogP contribution in [0.4, 0.5) is 37.7 Å². The molecule has 15 nitrogen and oxygen atoms in total. The summed E-state index contributed by atoms with van der Waals surface area (Å²) in [5.74, 6) is -5.87. The number of hydroxylamine groups is 1. The third kappa shape index (κ3) is 12.4. The Bertz CT molecular complexity index is 2580. The number of ether oxygens (including phenoxy) is 3. The molecular weight excluding hydrogens is 947 g/mol. The van der Waals surface area contributed by atoms with Crippen LogP contribution in [0.5, 0.6) is 11.5 Å². The van der Waals surface area contributed by atoms with E-state index in [2.05, 4.69) is 15.5 Å². The molecule has 0 saturated heterocycles. The minimum atomic E-state index is -5.39. The fraction of sp³-hybridized carbons (Fsp3) is 0.400. The molecule has 0 unspecified atom stereocenters. The molecule has 4 aromatic rings. The van der Waals surface area contributed by atoms with Crippen LogP contribution in [0.15, 0.2) is 72.8 Å². The van der Waals surface area contributed by atoms with Gasteiger partial charge in [-0.25, -0.2) is 14.4 Å². The zero-order valence-electron chi connectivity index (χ0n) is 39.2. The molecule has 1 spiro atoms. The van der Waals surface area contributed by atoms with E-state index in [-0.39, 0.29) is 29.7 Å². The number of carboxylic acid groups (broad SMARTS) is 1. The molecule has 21 heteroatoms. The topological polar surface area (TPSA) is 190 Å². The number of esters is 2. The lowest BCUT2D eigenvalue weighted by Crippen LogP contribution is -2.44. The molecule has 1 amide bonds. The first kappa shape index (κ1) is 53.2. The number of Topliss-reactive ketones (excluding diaryl/α,β-unsaturated/α-hetero) is 1. The summed E-state index contributed by atoms with van der Waals surface area (Å²) in [6, 6.07) is 15.3. The summed E-state index contributed by atoms with van der Waals surface area (Å²) in [5.41, 5.74) is -0.369. The van der Waals surface area contributed by atoms with Gasteiger partial charge < -0.3 is 39.3 Å². The standard InChI is InChI=1S/C50H52F6N4O11/c1-59(2)30-18-21-34-40(25-30)69-41-26-31(60(3)4)19-22-35(41)48(34)33-20-17-29(24-32(33)46(66)70-48)45(65)71-57-23-12-10-8-6-5-7-9-11-16-42(62)58-38(27-43(63)64)39(61)28-68-47(67)44-36(49(51,52)53)14-13-15-37(44)50(54,55)56/h13-15,17-22,24-26,38,57H,5-12,16,23,27-28H2,1-4H3,(H,58,62)(H,63,64)/t38-/m1/s1. The van der Waals surface area contributed by atoms with Crippen molar-refractivity contribution in [2.45, 2.75) is 88.2 Å². The number of hydrogen-bond acceptors (Lipinski definition) is 13. The molecule has 0 bridgehead atoms. The summed E-state index contributed by atoms with van der Waals surface area (Å²) in [5, 5.41) is 11.4. The molecule has 3 N–H and O–H groups in total. The summed E-state index contributed by atoms with van der Waals surface area (Å²) in [4.78, 5) is 85.1. The van der Waals surface area contributed by atoms with Crippen molar-refractivity contribution in [1.82, 2.24) is 10.8 Å². The number of benzene rings is 4. The Kier molecular flexibility index (Phi) is 16.7. The van der Waals surface area contributed by atoms with Crippen LogP contribution in [-0.4, -0.2) is 88.1 Å². The van der Waals surface area contributed by atoms with Crippen molar-refractivity contribution in [3.63, 3.8) is 0 Å². The highest BCUT2D eigenvalue weighted by Crippen LogP contribution is 2.57. The number of carboxylic acids is 1. The predicted molar refractivity (Wildman–Crippen MR) is 244 cm³/mol. The fourth-order valence-corrected chi connectivity index (χ4v) is 8.35. The van der Waals surface area contributed by atoms with Crippen LogP contribution in [0, 0.1) is 0 Å². The number of amides is 1. The lowest BCUT2D eigenvalue weighted by Gasteiger charge is -2.37. The van der Waals surface area contributed by atoms with E-state index < -0.39 is 89.3 Å². The first-order valence-corrected chi connectivity index (χ1v) is 22.6. The summed E-state index contributed by atoms with van der Waals surface area (Å²) in [6.45, 7) is -1.04. The molecule has 6 rings (SSSR count). The second-order valence-corrected chi connectivity index (χ2v) is 17.4. The van der Waals surface area contributed by atoms with Crippen LogP contribution in [0.1, 0.15) is 123 Å². The van der Waals surface area contributed by atoms with E-state index in [0.717, 1.165) is 43.5 Å². The van der Waals surface area contributed by atoms with Crippen molar-refractivity contribution >= 4 is 46.9 Å². The highest BCUT2D eigenvalue weighted by molar-refractivity contribution is 6.01. The number of nitrogens with one attached hydrogen (secondary N) is 2. The Morgan fingerprint density at radius 2 is 1.24 bits per heavy atom. The van der Waals surface area contributed by atoms with Gasteiger partial charge in [-0.1, -0.05) is 50.7 Å². The van der Waals surface area contributed by atoms with Crippen molar-refractivity contribution in [1.29, 1.82) is 0 Å². The normalized spacial score (nSPS) is 13.7. The molecule has 71 heavy (non-hydrogen) atoms. The van der Waals surface area contributed by atoms with Crippen molar-refractivity contribution < 1.29 is 79.3 Å². The van der Waals surface area contributed by atoms with Gasteiger partial charge in [0.1, 0.15) is 17.5 Å². The van der Waals surface area contributed by atoms with Gasteiger partial charge in [-0.2, -0.15) is 31.8 Å². The second-order valence-electron chi connectivity index (χ2n) is 17.4. The highest BCUT2D eigenvalue weighted by atomic mass is 19.4. The lowest BCUT2D eigenvalue weighted by atomic mass is 9.77. The van der Waals surface area contributed by atoms with Gasteiger partial charge >= 0.3 is 36.2 Å². The van der Waals surface area contributed by atoms with E-state index in [0.29, 0.717) is 60.1 Å². The number of alkyl halides is 6. The molecule has 1 atom stereocenters. The van der Waals surface area contributed by atoms with Crippen molar-refractivity contribution in [2.75, 3.05) is 51.1 Å². The third-order valence-electron chi connectivity index (χ3n) is 12.0. The van der Waals surface area contributed by atoms with Crippen LogP contribution < -0.4 is 25.3 Å². The van der Waals surface area contributed by atoms with E-state index in [9.17, 15) is 60.2 Å². The predicted octanol–water partition coefficient (Wildman–Crippen LogP) is 8.98. The first-order valence-electron chi connectivity index (χ1n) is 22.6. The summed E-state index contributed by atoms with van der Waals surface area (Å²) >= 11 is 0. The number of rotatable bonds is 22. The van der Waals surface area contributed by atoms with Crippen molar-refractivity contribution in [2.24, 2.45) is 0 Å². The molecule has 380 valence electrons. The van der Waals surface area contributed by atoms with Gasteiger partial charge in [0.25, 0.3) is 0 Å². The highest BCUT2D eigenvalue weighted by Gasteiger charge is 2.54. The number of aliphatic carboxylic acids is 1. The molecule has 0 saturated carbocycles. The quantitative estimate of drug-likeness (QED) is 0.0222. The number of fused-ring (bicyclic) bond motifs is 6. The number of carbonyl (C=O) groups excluding carboxylic acids is 5. The zero-order valence-corrected chi connectivity index (χ0v) is 39.2. The van der Waals surface area contributed by atoms with Gasteiger partial charge in [-0.15, -0.1) is 0 Å². The van der Waals surface area contributed by atoms with Gasteiger partial charge in [-0.3, -0.25) is 14.4 Å². The number of anilines is 2. The number of hydrogen-bond donors (Lipinski definition) is 3. The monoisotopic (exact) mass is 998 g/mol. The molecule has 4 aromatic carbocycles. The molecule has 2 heterocycles. The van der Waals surface area contributed by atoms with Crippen LogP contribution in [0.2, 0.25) is 0 Å². The third-order valence-corrected chi connectivity index (χ3v) is 12.0. The Balaban J connectivity index is 0.900. The number of carbonyl (C=O) groups is 6. The minimum Gasteiger partial charge on any atom is -0.481 e. The van der Waals surface area contributed by atoms with Gasteiger partial charge in [-0.05, 0) is 61.4 Å². The Labute approximate surface area is 404 Å². The molecule has 2 aliphatic rings. The smallest absolute Gasteiger partial charge is 0.417 e. The fourth-order valence-electron chi connectivity index (χ4n) is 8.35. The second kappa shape index (κ2) is 22.3. The Hall–Kier alpha value is -7.16. The summed E-state index contributed by atoms with van der Waals surface area (Å²) in [7, 11) is 7.65. The first-order chi connectivity index (χ1) is 33.5. The Morgan fingerprint density at radius 1 is 0.704 bits per heavy atom. The van der Waals surface area contributed by atoms with Crippen LogP contribution in [0.3, 0.4) is 0 Å². The average molecular weight is 999 g/mol. The van der Waals surface area contributed by atoms with Crippen LogP contribution in [0.25, 0.3) is 0 Å². The van der Waals surface area contributed by atoms with Gasteiger partial charge in [0.15, 0.2) is 18.0 Å². The maximum Gasteiger partial charge on any atom is 0.417 e.